The quantitative estimate of drug-likeness (QED) is 0.393. The molecular formula is C22H19FN6O. The minimum Gasteiger partial charge on any atom is -0.272 e. The van der Waals surface area contributed by atoms with Gasteiger partial charge in [0.15, 0.2) is 0 Å². The minimum atomic E-state index is -0.433. The van der Waals surface area contributed by atoms with E-state index in [9.17, 15) is 9.18 Å². The number of hydrazone groups is 1. The van der Waals surface area contributed by atoms with E-state index in [4.69, 9.17) is 0 Å². The van der Waals surface area contributed by atoms with Gasteiger partial charge in [0.25, 0.3) is 5.91 Å². The number of aromatic nitrogens is 4. The van der Waals surface area contributed by atoms with E-state index >= 15 is 0 Å². The molecule has 150 valence electrons. The maximum absolute atomic E-state index is 12.9. The molecule has 0 fully saturated rings. The Morgan fingerprint density at radius 2 is 1.87 bits per heavy atom. The molecule has 1 amide bonds. The van der Waals surface area contributed by atoms with Crippen LogP contribution in [0.25, 0.3) is 16.9 Å². The SMILES string of the molecule is Cc1nn(-c2ccccc2)c(C)c1-c1cc(C(=O)NN=Cc2ccc(F)cc2)[nH]n1. The second-order valence-electron chi connectivity index (χ2n) is 6.71. The van der Waals surface area contributed by atoms with Crippen molar-refractivity contribution in [2.24, 2.45) is 5.10 Å². The molecule has 2 aromatic heterocycles. The second kappa shape index (κ2) is 8.12. The number of amides is 1. The first-order valence-electron chi connectivity index (χ1n) is 9.29. The number of benzene rings is 2. The molecule has 0 spiro atoms. The lowest BCUT2D eigenvalue weighted by Gasteiger charge is -2.04. The van der Waals surface area contributed by atoms with Crippen LogP contribution in [0.4, 0.5) is 4.39 Å². The van der Waals surface area contributed by atoms with Gasteiger partial charge in [-0.25, -0.2) is 14.5 Å². The summed E-state index contributed by atoms with van der Waals surface area (Å²) in [5, 5.41) is 15.5. The van der Waals surface area contributed by atoms with E-state index in [1.165, 1.54) is 18.3 Å². The normalized spacial score (nSPS) is 11.2. The van der Waals surface area contributed by atoms with Crippen molar-refractivity contribution in [3.8, 4) is 16.9 Å². The number of carbonyl (C=O) groups is 1. The molecule has 0 radical (unpaired) electrons. The van der Waals surface area contributed by atoms with Crippen LogP contribution >= 0.6 is 0 Å². The third-order valence-corrected chi connectivity index (χ3v) is 4.62. The van der Waals surface area contributed by atoms with E-state index in [1.807, 2.05) is 48.9 Å². The van der Waals surface area contributed by atoms with Crippen molar-refractivity contribution in [2.75, 3.05) is 0 Å². The van der Waals surface area contributed by atoms with E-state index in [0.717, 1.165) is 22.6 Å². The maximum Gasteiger partial charge on any atom is 0.289 e. The van der Waals surface area contributed by atoms with Gasteiger partial charge in [-0.15, -0.1) is 0 Å². The van der Waals surface area contributed by atoms with E-state index in [-0.39, 0.29) is 11.5 Å². The Hall–Kier alpha value is -4.07. The van der Waals surface area contributed by atoms with Crippen molar-refractivity contribution in [3.05, 3.63) is 89.1 Å². The van der Waals surface area contributed by atoms with Gasteiger partial charge in [-0.3, -0.25) is 9.89 Å². The molecular weight excluding hydrogens is 383 g/mol. The summed E-state index contributed by atoms with van der Waals surface area (Å²) in [4.78, 5) is 12.4. The molecule has 8 heteroatoms. The van der Waals surface area contributed by atoms with Crippen LogP contribution in [0.2, 0.25) is 0 Å². The van der Waals surface area contributed by atoms with E-state index < -0.39 is 5.91 Å². The standard InChI is InChI=1S/C22H19FN6O/c1-14-21(15(2)29(28-14)18-6-4-3-5-7-18)19-12-20(26-25-19)22(30)27-24-13-16-8-10-17(23)11-9-16/h3-13H,1-2H3,(H,25,26)(H,27,30). The third kappa shape index (κ3) is 3.88. The molecule has 2 heterocycles. The molecule has 2 N–H and O–H groups in total. The predicted molar refractivity (Wildman–Crippen MR) is 112 cm³/mol. The van der Waals surface area contributed by atoms with Crippen molar-refractivity contribution in [2.45, 2.75) is 13.8 Å². The lowest BCUT2D eigenvalue weighted by molar-refractivity contribution is 0.0950. The number of para-hydroxylation sites is 1. The van der Waals surface area contributed by atoms with E-state index in [1.54, 1.807) is 18.2 Å². The Bertz CT molecular complexity index is 1210. The molecule has 0 aliphatic rings. The molecule has 0 atom stereocenters. The summed E-state index contributed by atoms with van der Waals surface area (Å²) in [6, 6.07) is 17.3. The van der Waals surface area contributed by atoms with Crippen LogP contribution in [0.15, 0.2) is 65.8 Å². The molecule has 4 aromatic rings. The molecule has 0 bridgehead atoms. The van der Waals surface area contributed by atoms with Crippen molar-refractivity contribution in [1.29, 1.82) is 0 Å². The zero-order chi connectivity index (χ0) is 21.1. The summed E-state index contributed by atoms with van der Waals surface area (Å²) in [5.41, 5.74) is 7.54. The highest BCUT2D eigenvalue weighted by Gasteiger charge is 2.18. The first kappa shape index (κ1) is 19.3. The lowest BCUT2D eigenvalue weighted by Crippen LogP contribution is -2.18. The smallest absolute Gasteiger partial charge is 0.272 e. The molecule has 2 aromatic carbocycles. The monoisotopic (exact) mass is 402 g/mol. The minimum absolute atomic E-state index is 0.271. The molecule has 7 nitrogen and oxygen atoms in total. The molecule has 0 saturated heterocycles. The molecule has 0 aliphatic heterocycles. The zero-order valence-corrected chi connectivity index (χ0v) is 16.4. The van der Waals surface area contributed by atoms with Gasteiger partial charge in [-0.2, -0.15) is 15.3 Å². The van der Waals surface area contributed by atoms with E-state index in [0.29, 0.717) is 11.3 Å². The fourth-order valence-electron chi connectivity index (χ4n) is 3.17. The van der Waals surface area contributed by atoms with Crippen molar-refractivity contribution < 1.29 is 9.18 Å². The van der Waals surface area contributed by atoms with Crippen LogP contribution in [0.1, 0.15) is 27.4 Å². The number of rotatable bonds is 5. The third-order valence-electron chi connectivity index (χ3n) is 4.62. The Balaban J connectivity index is 1.52. The predicted octanol–water partition coefficient (Wildman–Crippen LogP) is 3.78. The topological polar surface area (TPSA) is 88.0 Å². The van der Waals surface area contributed by atoms with Gasteiger partial charge < -0.3 is 0 Å². The summed E-state index contributed by atoms with van der Waals surface area (Å²) in [6.45, 7) is 3.87. The molecule has 0 saturated carbocycles. The largest absolute Gasteiger partial charge is 0.289 e. The van der Waals surface area contributed by atoms with Gasteiger partial charge in [-0.1, -0.05) is 30.3 Å². The highest BCUT2D eigenvalue weighted by molar-refractivity contribution is 5.94. The number of aryl methyl sites for hydroxylation is 1. The zero-order valence-electron chi connectivity index (χ0n) is 16.4. The van der Waals surface area contributed by atoms with Gasteiger partial charge in [0.2, 0.25) is 0 Å². The Kier molecular flexibility index (Phi) is 5.21. The fraction of sp³-hybridized carbons (Fsp3) is 0.0909. The summed E-state index contributed by atoms with van der Waals surface area (Å²) >= 11 is 0. The number of hydrogen-bond donors (Lipinski definition) is 2. The van der Waals surface area contributed by atoms with Gasteiger partial charge >= 0.3 is 0 Å². The Morgan fingerprint density at radius 3 is 2.60 bits per heavy atom. The number of halogens is 1. The van der Waals surface area contributed by atoms with Crippen LogP contribution < -0.4 is 5.43 Å². The highest BCUT2D eigenvalue weighted by atomic mass is 19.1. The number of nitrogens with one attached hydrogen (secondary N) is 2. The van der Waals surface area contributed by atoms with Crippen LogP contribution in [0.3, 0.4) is 0 Å². The first-order valence-corrected chi connectivity index (χ1v) is 9.29. The number of H-pyrrole nitrogens is 1. The molecule has 4 rings (SSSR count). The second-order valence-corrected chi connectivity index (χ2v) is 6.71. The number of carbonyl (C=O) groups excluding carboxylic acids is 1. The fourth-order valence-corrected chi connectivity index (χ4v) is 3.17. The first-order chi connectivity index (χ1) is 14.5. The van der Waals surface area contributed by atoms with Gasteiger partial charge in [-0.05, 0) is 49.7 Å². The number of aromatic amines is 1. The number of nitrogens with zero attached hydrogens (tertiary/aromatic N) is 4. The van der Waals surface area contributed by atoms with Crippen LogP contribution in [0, 0.1) is 19.7 Å². The highest BCUT2D eigenvalue weighted by Crippen LogP contribution is 2.27. The Labute approximate surface area is 172 Å². The summed E-state index contributed by atoms with van der Waals surface area (Å²) in [6.07, 6.45) is 1.44. The van der Waals surface area contributed by atoms with Gasteiger partial charge in [0.1, 0.15) is 11.5 Å². The average molecular weight is 402 g/mol. The van der Waals surface area contributed by atoms with Crippen molar-refractivity contribution in [3.63, 3.8) is 0 Å². The van der Waals surface area contributed by atoms with Crippen molar-refractivity contribution >= 4 is 12.1 Å². The van der Waals surface area contributed by atoms with Crippen molar-refractivity contribution in [1.82, 2.24) is 25.4 Å². The lowest BCUT2D eigenvalue weighted by atomic mass is 10.1. The summed E-state index contributed by atoms with van der Waals surface area (Å²) in [7, 11) is 0. The summed E-state index contributed by atoms with van der Waals surface area (Å²) in [5.74, 6) is -0.764. The van der Waals surface area contributed by atoms with E-state index in [2.05, 4.69) is 25.8 Å². The van der Waals surface area contributed by atoms with Gasteiger partial charge in [0, 0.05) is 5.56 Å². The maximum atomic E-state index is 12.9. The Morgan fingerprint density at radius 1 is 1.13 bits per heavy atom. The summed E-state index contributed by atoms with van der Waals surface area (Å²) < 4.78 is 14.8. The average Bonchev–Trinajstić information content (AvgIpc) is 3.34. The van der Waals surface area contributed by atoms with Crippen LogP contribution in [-0.4, -0.2) is 32.1 Å². The molecule has 0 aliphatic carbocycles. The molecule has 30 heavy (non-hydrogen) atoms. The number of hydrogen-bond acceptors (Lipinski definition) is 4. The van der Waals surface area contributed by atoms with Gasteiger partial charge in [0.05, 0.1) is 29.0 Å². The van der Waals surface area contributed by atoms with Crippen LogP contribution in [0.5, 0.6) is 0 Å². The molecule has 0 unspecified atom stereocenters. The van der Waals surface area contributed by atoms with Crippen LogP contribution in [-0.2, 0) is 0 Å².